The van der Waals surface area contributed by atoms with Crippen molar-refractivity contribution in [3.05, 3.63) is 83.0 Å². The molecule has 3 rings (SSSR count). The van der Waals surface area contributed by atoms with E-state index in [1.54, 1.807) is 12.1 Å². The highest BCUT2D eigenvalue weighted by molar-refractivity contribution is 6.30. The van der Waals surface area contributed by atoms with Crippen LogP contribution in [-0.2, 0) is 16.0 Å². The molecule has 2 N–H and O–H groups in total. The second-order valence-corrected chi connectivity index (χ2v) is 6.57. The van der Waals surface area contributed by atoms with Gasteiger partial charge in [0.25, 0.3) is 0 Å². The number of hydrogen-bond acceptors (Lipinski definition) is 4. The number of carbonyl (C=O) groups excluding carboxylic acids is 1. The monoisotopic (exact) mass is 368 g/mol. The van der Waals surface area contributed by atoms with E-state index in [1.807, 2.05) is 59.7 Å². The Balaban J connectivity index is 1.79. The molecule has 0 aromatic heterocycles. The Morgan fingerprint density at radius 3 is 2.69 bits per heavy atom. The Bertz CT molecular complexity index is 846. The summed E-state index contributed by atoms with van der Waals surface area (Å²) in [4.78, 5) is 14.3. The summed E-state index contributed by atoms with van der Waals surface area (Å²) in [5.74, 6) is -0.252. The molecule has 0 aliphatic carbocycles. The number of hydrogen-bond donors (Lipinski definition) is 1. The average Bonchev–Trinajstić information content (AvgIpc) is 2.68. The number of benzene rings is 2. The Hall–Kier alpha value is -2.72. The zero-order chi connectivity index (χ0) is 18.5. The van der Waals surface area contributed by atoms with Gasteiger partial charge in [0, 0.05) is 35.4 Å². The maximum absolute atomic E-state index is 12.3. The lowest BCUT2D eigenvalue weighted by Gasteiger charge is -2.30. The molecule has 4 nitrogen and oxygen atoms in total. The van der Waals surface area contributed by atoms with E-state index in [2.05, 4.69) is 0 Å². The Labute approximate surface area is 158 Å². The van der Waals surface area contributed by atoms with E-state index in [0.717, 1.165) is 16.7 Å². The first kappa shape index (κ1) is 18.1. The number of halogens is 1. The molecule has 1 unspecified atom stereocenters. The Morgan fingerprint density at radius 1 is 1.27 bits per heavy atom. The number of carbonyl (C=O) groups is 1. The van der Waals surface area contributed by atoms with Crippen molar-refractivity contribution in [1.29, 1.82) is 0 Å². The number of nitrogens with zero attached hydrogens (tertiary/aromatic N) is 1. The van der Waals surface area contributed by atoms with Crippen LogP contribution in [0.1, 0.15) is 11.1 Å². The maximum Gasteiger partial charge on any atom is 0.328 e. The molecule has 0 fully saturated rings. The minimum atomic E-state index is -0.381. The molecule has 1 aliphatic heterocycles. The summed E-state index contributed by atoms with van der Waals surface area (Å²) in [7, 11) is 1.42. The molecule has 0 saturated heterocycles. The molecular formula is C21H21ClN2O2. The number of rotatable bonds is 5. The normalized spacial score (nSPS) is 14.7. The minimum Gasteiger partial charge on any atom is -0.467 e. The van der Waals surface area contributed by atoms with Gasteiger partial charge in [-0.3, -0.25) is 0 Å². The summed E-state index contributed by atoms with van der Waals surface area (Å²) in [5.41, 5.74) is 9.71. The number of nitrogens with two attached hydrogens (primary N) is 1. The highest BCUT2D eigenvalue weighted by Gasteiger charge is 2.26. The van der Waals surface area contributed by atoms with Crippen molar-refractivity contribution < 1.29 is 9.53 Å². The summed E-state index contributed by atoms with van der Waals surface area (Å²) in [6.07, 6.45) is 6.50. The van der Waals surface area contributed by atoms with Gasteiger partial charge < -0.3 is 15.4 Å². The summed E-state index contributed by atoms with van der Waals surface area (Å²) >= 11 is 6.09. The lowest BCUT2D eigenvalue weighted by Crippen LogP contribution is -2.41. The van der Waals surface area contributed by atoms with E-state index < -0.39 is 0 Å². The number of methoxy groups -OCH3 is 1. The van der Waals surface area contributed by atoms with Crippen LogP contribution in [0.25, 0.3) is 5.57 Å². The van der Waals surface area contributed by atoms with Crippen LogP contribution < -0.4 is 5.73 Å². The van der Waals surface area contributed by atoms with Crippen molar-refractivity contribution in [1.82, 2.24) is 4.90 Å². The van der Waals surface area contributed by atoms with Crippen LogP contribution in [0.3, 0.4) is 0 Å². The van der Waals surface area contributed by atoms with E-state index >= 15 is 0 Å². The van der Waals surface area contributed by atoms with Gasteiger partial charge in [0.15, 0.2) is 0 Å². The number of allylic oxidation sites excluding steroid dienone is 2. The molecule has 1 atom stereocenters. The second kappa shape index (κ2) is 8.11. The molecule has 0 spiro atoms. The van der Waals surface area contributed by atoms with Crippen LogP contribution in [0, 0.1) is 0 Å². The minimum absolute atomic E-state index is 0.252. The van der Waals surface area contributed by atoms with E-state index in [4.69, 9.17) is 22.1 Å². The van der Waals surface area contributed by atoms with Crippen molar-refractivity contribution >= 4 is 28.8 Å². The van der Waals surface area contributed by atoms with Crippen molar-refractivity contribution in [2.45, 2.75) is 12.5 Å². The van der Waals surface area contributed by atoms with Crippen LogP contribution in [0.15, 0.2) is 66.9 Å². The van der Waals surface area contributed by atoms with Gasteiger partial charge in [0.1, 0.15) is 6.04 Å². The van der Waals surface area contributed by atoms with Gasteiger partial charge in [0.05, 0.1) is 7.11 Å². The number of nitrogen functional groups attached to an aromatic ring is 1. The van der Waals surface area contributed by atoms with Crippen molar-refractivity contribution in [3.63, 3.8) is 0 Å². The third-order valence-corrected chi connectivity index (χ3v) is 4.67. The highest BCUT2D eigenvalue weighted by atomic mass is 35.5. The van der Waals surface area contributed by atoms with E-state index in [-0.39, 0.29) is 12.0 Å². The van der Waals surface area contributed by atoms with Crippen LogP contribution in [-0.4, -0.2) is 30.6 Å². The molecule has 2 aromatic rings. The van der Waals surface area contributed by atoms with Crippen LogP contribution in [0.5, 0.6) is 0 Å². The Kier molecular flexibility index (Phi) is 5.64. The fourth-order valence-corrected chi connectivity index (χ4v) is 3.20. The first-order valence-electron chi connectivity index (χ1n) is 8.39. The quantitative estimate of drug-likeness (QED) is 0.642. The average molecular weight is 369 g/mol. The number of esters is 1. The molecule has 1 aliphatic rings. The lowest BCUT2D eigenvalue weighted by molar-refractivity contribution is -0.145. The molecule has 0 bridgehead atoms. The van der Waals surface area contributed by atoms with Crippen LogP contribution in [0.4, 0.5) is 5.69 Å². The maximum atomic E-state index is 12.3. The zero-order valence-electron chi connectivity index (χ0n) is 14.6. The van der Waals surface area contributed by atoms with Gasteiger partial charge in [-0.15, -0.1) is 0 Å². The number of anilines is 1. The SMILES string of the molecule is COC(=O)C(Cc1ccccc1)N1C=CC(c2cc(Cl)ccc2N)=CC1. The zero-order valence-corrected chi connectivity index (χ0v) is 15.3. The first-order chi connectivity index (χ1) is 12.6. The largest absolute Gasteiger partial charge is 0.467 e. The Morgan fingerprint density at radius 2 is 2.04 bits per heavy atom. The molecule has 1 heterocycles. The summed E-state index contributed by atoms with van der Waals surface area (Å²) < 4.78 is 5.01. The van der Waals surface area contributed by atoms with Gasteiger partial charge in [-0.05, 0) is 35.4 Å². The molecule has 0 radical (unpaired) electrons. The summed E-state index contributed by atoms with van der Waals surface area (Å²) in [6.45, 7) is 0.588. The van der Waals surface area contributed by atoms with E-state index in [9.17, 15) is 4.79 Å². The van der Waals surface area contributed by atoms with Crippen LogP contribution in [0.2, 0.25) is 5.02 Å². The van der Waals surface area contributed by atoms with Gasteiger partial charge in [-0.25, -0.2) is 4.79 Å². The molecule has 0 amide bonds. The molecular weight excluding hydrogens is 348 g/mol. The van der Waals surface area contributed by atoms with Gasteiger partial charge in [-0.2, -0.15) is 0 Å². The van der Waals surface area contributed by atoms with E-state index in [1.165, 1.54) is 7.11 Å². The standard InChI is InChI=1S/C21H21ClN2O2/c1-26-21(25)20(13-15-5-3-2-4-6-15)24-11-9-16(10-12-24)18-14-17(22)7-8-19(18)23/h2-11,14,20H,12-13,23H2,1H3. The summed E-state index contributed by atoms with van der Waals surface area (Å²) in [6, 6.07) is 15.0. The second-order valence-electron chi connectivity index (χ2n) is 6.13. The molecule has 5 heteroatoms. The fraction of sp³-hybridized carbons (Fsp3) is 0.190. The van der Waals surface area contributed by atoms with Crippen molar-refractivity contribution in [3.8, 4) is 0 Å². The van der Waals surface area contributed by atoms with Crippen molar-refractivity contribution in [2.24, 2.45) is 0 Å². The topological polar surface area (TPSA) is 55.6 Å². The van der Waals surface area contributed by atoms with Gasteiger partial charge in [0.2, 0.25) is 0 Å². The van der Waals surface area contributed by atoms with Crippen molar-refractivity contribution in [2.75, 3.05) is 19.4 Å². The predicted octanol–water partition coefficient (Wildman–Crippen LogP) is 3.92. The van der Waals surface area contributed by atoms with Gasteiger partial charge in [-0.1, -0.05) is 48.0 Å². The summed E-state index contributed by atoms with van der Waals surface area (Å²) in [5, 5.41) is 0.641. The third-order valence-electron chi connectivity index (χ3n) is 4.44. The predicted molar refractivity (Wildman–Crippen MR) is 106 cm³/mol. The number of ether oxygens (including phenoxy) is 1. The van der Waals surface area contributed by atoms with E-state index in [0.29, 0.717) is 23.7 Å². The fourth-order valence-electron chi connectivity index (χ4n) is 3.03. The molecule has 134 valence electrons. The third kappa shape index (κ3) is 4.09. The van der Waals surface area contributed by atoms with Crippen LogP contribution >= 0.6 is 11.6 Å². The molecule has 2 aromatic carbocycles. The smallest absolute Gasteiger partial charge is 0.328 e. The molecule has 0 saturated carbocycles. The highest BCUT2D eigenvalue weighted by Crippen LogP contribution is 2.28. The molecule has 26 heavy (non-hydrogen) atoms. The lowest BCUT2D eigenvalue weighted by atomic mass is 9.99. The first-order valence-corrected chi connectivity index (χ1v) is 8.77. The van der Waals surface area contributed by atoms with Gasteiger partial charge >= 0.3 is 5.97 Å².